The fraction of sp³-hybridized carbons (Fsp3) is 0.174. The number of hydrogen-bond acceptors (Lipinski definition) is 4. The number of carbonyl (C=O) groups excluding carboxylic acids is 1. The number of fused-ring (bicyclic) bond motifs is 1. The van der Waals surface area contributed by atoms with Crippen LogP contribution in [0.2, 0.25) is 0 Å². The quantitative estimate of drug-likeness (QED) is 0.324. The van der Waals surface area contributed by atoms with Crippen LogP contribution in [-0.4, -0.2) is 25.3 Å². The van der Waals surface area contributed by atoms with Gasteiger partial charge in [0.05, 0.1) is 22.4 Å². The molecule has 158 valence electrons. The Hall–Kier alpha value is -3.81. The van der Waals surface area contributed by atoms with Gasteiger partial charge in [-0.15, -0.1) is 0 Å². The van der Waals surface area contributed by atoms with E-state index in [1.165, 1.54) is 6.08 Å². The van der Waals surface area contributed by atoms with E-state index in [0.717, 1.165) is 27.2 Å². The minimum Gasteiger partial charge on any atom is -0.454 e. The lowest BCUT2D eigenvalue weighted by Crippen LogP contribution is -2.09. The summed E-state index contributed by atoms with van der Waals surface area (Å²) < 4.78 is 34.7. The molecule has 4 rings (SSSR count). The molecule has 0 saturated carbocycles. The Morgan fingerprint density at radius 1 is 1.10 bits per heavy atom. The molecule has 6 nitrogen and oxygen atoms in total. The number of nitrogens with zero attached hydrogens (tertiary/aromatic N) is 4. The topological polar surface area (TPSA) is 61.9 Å². The molecular weight excluding hydrogens is 402 g/mol. The van der Waals surface area contributed by atoms with Gasteiger partial charge in [0.2, 0.25) is 0 Å². The molecular formula is C23H20F2N4O2. The minimum absolute atomic E-state index is 0.0118. The number of imidazole rings is 1. The number of rotatable bonds is 6. The number of benzene rings is 2. The molecule has 0 aliphatic carbocycles. The first-order valence-electron chi connectivity index (χ1n) is 9.66. The predicted octanol–water partition coefficient (Wildman–Crippen LogP) is 4.99. The molecule has 0 unspecified atom stereocenters. The highest BCUT2D eigenvalue weighted by Crippen LogP contribution is 2.24. The lowest BCUT2D eigenvalue weighted by atomic mass is 10.2. The summed E-state index contributed by atoms with van der Waals surface area (Å²) in [6.45, 7) is 0.611. The van der Waals surface area contributed by atoms with Crippen molar-refractivity contribution in [3.8, 4) is 5.69 Å². The Labute approximate surface area is 177 Å². The average Bonchev–Trinajstić information content (AvgIpc) is 3.28. The highest BCUT2D eigenvalue weighted by Gasteiger charge is 2.18. The van der Waals surface area contributed by atoms with Gasteiger partial charge in [-0.25, -0.2) is 14.5 Å². The highest BCUT2D eigenvalue weighted by molar-refractivity contribution is 5.87. The van der Waals surface area contributed by atoms with Crippen molar-refractivity contribution in [2.45, 2.75) is 27.0 Å². The maximum atomic E-state index is 13.5. The molecule has 2 heterocycles. The van der Waals surface area contributed by atoms with E-state index in [1.807, 2.05) is 44.2 Å². The van der Waals surface area contributed by atoms with Crippen LogP contribution in [0.25, 0.3) is 22.8 Å². The highest BCUT2D eigenvalue weighted by atomic mass is 19.3. The molecule has 4 aromatic rings. The number of aryl methyl sites for hydroxylation is 1. The van der Waals surface area contributed by atoms with Gasteiger partial charge < -0.3 is 4.74 Å². The molecule has 0 saturated heterocycles. The van der Waals surface area contributed by atoms with Crippen molar-refractivity contribution in [2.75, 3.05) is 0 Å². The lowest BCUT2D eigenvalue weighted by molar-refractivity contribution is -0.139. The number of para-hydroxylation sites is 3. The van der Waals surface area contributed by atoms with Crippen LogP contribution in [0, 0.1) is 13.8 Å². The molecule has 2 aromatic heterocycles. The summed E-state index contributed by atoms with van der Waals surface area (Å²) in [7, 11) is 0. The summed E-state index contributed by atoms with van der Waals surface area (Å²) in [5, 5.41) is 4.52. The second kappa shape index (κ2) is 8.51. The molecule has 0 atom stereocenters. The zero-order valence-corrected chi connectivity index (χ0v) is 17.0. The van der Waals surface area contributed by atoms with Crippen molar-refractivity contribution < 1.29 is 18.3 Å². The summed E-state index contributed by atoms with van der Waals surface area (Å²) in [6.07, 6.45) is 2.89. The summed E-state index contributed by atoms with van der Waals surface area (Å²) in [6, 6.07) is 16.2. The van der Waals surface area contributed by atoms with E-state index >= 15 is 0 Å². The predicted molar refractivity (Wildman–Crippen MR) is 113 cm³/mol. The molecule has 2 aromatic carbocycles. The van der Waals surface area contributed by atoms with Gasteiger partial charge in [-0.05, 0) is 44.2 Å². The van der Waals surface area contributed by atoms with E-state index in [9.17, 15) is 13.6 Å². The number of ether oxygens (including phenoxy) is 1. The summed E-state index contributed by atoms with van der Waals surface area (Å²) in [5.74, 6) is -0.665. The van der Waals surface area contributed by atoms with Crippen molar-refractivity contribution in [3.05, 3.63) is 83.4 Å². The SMILES string of the molecule is Cc1nn(-c2ccccc2)c(C)c1/C=C/C(=O)OCc1nc2ccccc2n1C(F)F. The van der Waals surface area contributed by atoms with Crippen LogP contribution in [0.4, 0.5) is 8.78 Å². The number of aromatic nitrogens is 4. The van der Waals surface area contributed by atoms with Crippen LogP contribution in [0.3, 0.4) is 0 Å². The van der Waals surface area contributed by atoms with Crippen LogP contribution in [0.15, 0.2) is 60.7 Å². The minimum atomic E-state index is -2.79. The third kappa shape index (κ3) is 4.09. The van der Waals surface area contributed by atoms with E-state index in [4.69, 9.17) is 4.74 Å². The lowest BCUT2D eigenvalue weighted by Gasteiger charge is -2.07. The number of alkyl halides is 2. The Balaban J connectivity index is 1.50. The van der Waals surface area contributed by atoms with Gasteiger partial charge >= 0.3 is 12.5 Å². The van der Waals surface area contributed by atoms with Gasteiger partial charge in [0.1, 0.15) is 6.61 Å². The molecule has 0 spiro atoms. The Morgan fingerprint density at radius 2 is 1.81 bits per heavy atom. The Morgan fingerprint density at radius 3 is 2.55 bits per heavy atom. The van der Waals surface area contributed by atoms with Gasteiger partial charge in [0.25, 0.3) is 0 Å². The zero-order valence-electron chi connectivity index (χ0n) is 17.0. The Kier molecular flexibility index (Phi) is 5.62. The smallest absolute Gasteiger partial charge is 0.331 e. The van der Waals surface area contributed by atoms with E-state index in [0.29, 0.717) is 11.0 Å². The average molecular weight is 422 g/mol. The van der Waals surface area contributed by atoms with Crippen molar-refractivity contribution >= 4 is 23.1 Å². The van der Waals surface area contributed by atoms with Gasteiger partial charge in [0.15, 0.2) is 5.82 Å². The molecule has 0 aliphatic rings. The molecule has 0 N–H and O–H groups in total. The standard InChI is InChI=1S/C23H20F2N4O2/c1-15-18(16(2)29(27-15)17-8-4-3-5-9-17)12-13-22(30)31-14-21-26-19-10-6-7-11-20(19)28(21)23(24)25/h3-13,23H,14H2,1-2H3/b13-12+. The van der Waals surface area contributed by atoms with E-state index in [2.05, 4.69) is 10.1 Å². The molecule has 0 fully saturated rings. The third-order valence-electron chi connectivity index (χ3n) is 4.94. The maximum absolute atomic E-state index is 13.5. The second-order valence-electron chi connectivity index (χ2n) is 6.94. The summed E-state index contributed by atoms with van der Waals surface area (Å²) in [5.41, 5.74) is 4.04. The fourth-order valence-electron chi connectivity index (χ4n) is 3.47. The number of hydrogen-bond donors (Lipinski definition) is 0. The van der Waals surface area contributed by atoms with Crippen molar-refractivity contribution in [3.63, 3.8) is 0 Å². The number of carbonyl (C=O) groups is 1. The van der Waals surface area contributed by atoms with E-state index < -0.39 is 12.5 Å². The normalized spacial score (nSPS) is 11.6. The first-order chi connectivity index (χ1) is 15.0. The summed E-state index contributed by atoms with van der Waals surface area (Å²) >= 11 is 0. The van der Waals surface area contributed by atoms with Gasteiger partial charge in [-0.3, -0.25) is 4.57 Å². The Bertz CT molecular complexity index is 1260. The fourth-order valence-corrected chi connectivity index (χ4v) is 3.47. The largest absolute Gasteiger partial charge is 0.454 e. The molecule has 0 radical (unpaired) electrons. The monoisotopic (exact) mass is 422 g/mol. The van der Waals surface area contributed by atoms with Gasteiger partial charge in [-0.2, -0.15) is 13.9 Å². The zero-order chi connectivity index (χ0) is 22.0. The number of halogens is 2. The second-order valence-corrected chi connectivity index (χ2v) is 6.94. The maximum Gasteiger partial charge on any atom is 0.331 e. The van der Waals surface area contributed by atoms with Crippen molar-refractivity contribution in [1.82, 2.24) is 19.3 Å². The first kappa shape index (κ1) is 20.5. The number of esters is 1. The molecule has 0 bridgehead atoms. The molecule has 0 amide bonds. The van der Waals surface area contributed by atoms with Gasteiger partial charge in [-0.1, -0.05) is 30.3 Å². The van der Waals surface area contributed by atoms with Crippen LogP contribution >= 0.6 is 0 Å². The first-order valence-corrected chi connectivity index (χ1v) is 9.66. The van der Waals surface area contributed by atoms with Crippen molar-refractivity contribution in [1.29, 1.82) is 0 Å². The van der Waals surface area contributed by atoms with Crippen LogP contribution in [-0.2, 0) is 16.1 Å². The van der Waals surface area contributed by atoms with Crippen LogP contribution < -0.4 is 0 Å². The third-order valence-corrected chi connectivity index (χ3v) is 4.94. The van der Waals surface area contributed by atoms with E-state index in [1.54, 1.807) is 35.0 Å². The van der Waals surface area contributed by atoms with E-state index in [-0.39, 0.29) is 12.4 Å². The van der Waals surface area contributed by atoms with Gasteiger partial charge in [0, 0.05) is 17.3 Å². The summed E-state index contributed by atoms with van der Waals surface area (Å²) in [4.78, 5) is 16.4. The van der Waals surface area contributed by atoms with Crippen LogP contribution in [0.5, 0.6) is 0 Å². The van der Waals surface area contributed by atoms with Crippen molar-refractivity contribution in [2.24, 2.45) is 0 Å². The van der Waals surface area contributed by atoms with Crippen LogP contribution in [0.1, 0.15) is 29.3 Å². The molecule has 0 aliphatic heterocycles. The molecule has 8 heteroatoms. The molecule has 31 heavy (non-hydrogen) atoms.